The Balaban J connectivity index is 1.51. The van der Waals surface area contributed by atoms with Crippen molar-refractivity contribution < 1.29 is 4.79 Å². The summed E-state index contributed by atoms with van der Waals surface area (Å²) in [5, 5.41) is 5.55. The second-order valence-corrected chi connectivity index (χ2v) is 7.06. The lowest BCUT2D eigenvalue weighted by molar-refractivity contribution is 0.102. The number of anilines is 4. The SMILES string of the molecule is Nc1ccccc1NC(=O)c1ccc(CN(c2ncccn2)c2nccs2)cc1. The molecule has 29 heavy (non-hydrogen) atoms. The molecule has 0 saturated carbocycles. The zero-order valence-corrected chi connectivity index (χ0v) is 16.2. The number of hydrogen-bond acceptors (Lipinski definition) is 7. The topological polar surface area (TPSA) is 97.0 Å². The molecule has 4 aromatic rings. The van der Waals surface area contributed by atoms with Gasteiger partial charge < -0.3 is 11.1 Å². The van der Waals surface area contributed by atoms with Crippen molar-refractivity contribution in [1.82, 2.24) is 15.0 Å². The minimum Gasteiger partial charge on any atom is -0.397 e. The molecule has 0 fully saturated rings. The van der Waals surface area contributed by atoms with Crippen molar-refractivity contribution in [2.45, 2.75) is 6.54 Å². The highest BCUT2D eigenvalue weighted by atomic mass is 32.1. The van der Waals surface area contributed by atoms with E-state index in [9.17, 15) is 4.79 Å². The van der Waals surface area contributed by atoms with E-state index < -0.39 is 0 Å². The number of benzene rings is 2. The monoisotopic (exact) mass is 402 g/mol. The third kappa shape index (κ3) is 4.39. The van der Waals surface area contributed by atoms with E-state index in [2.05, 4.69) is 20.3 Å². The first-order valence-corrected chi connectivity index (χ1v) is 9.77. The fraction of sp³-hybridized carbons (Fsp3) is 0.0476. The molecule has 0 bridgehead atoms. The molecule has 0 aliphatic heterocycles. The molecule has 0 aliphatic carbocycles. The van der Waals surface area contributed by atoms with Crippen LogP contribution < -0.4 is 16.0 Å². The Morgan fingerprint density at radius 3 is 2.41 bits per heavy atom. The maximum absolute atomic E-state index is 12.5. The van der Waals surface area contributed by atoms with E-state index >= 15 is 0 Å². The van der Waals surface area contributed by atoms with E-state index in [1.54, 1.807) is 48.9 Å². The highest BCUT2D eigenvalue weighted by Gasteiger charge is 2.15. The summed E-state index contributed by atoms with van der Waals surface area (Å²) >= 11 is 1.51. The molecular weight excluding hydrogens is 384 g/mol. The number of amides is 1. The third-order valence-electron chi connectivity index (χ3n) is 4.21. The quantitative estimate of drug-likeness (QED) is 0.471. The van der Waals surface area contributed by atoms with Crippen molar-refractivity contribution in [3.8, 4) is 0 Å². The molecule has 0 radical (unpaired) electrons. The van der Waals surface area contributed by atoms with Gasteiger partial charge in [0.15, 0.2) is 5.13 Å². The summed E-state index contributed by atoms with van der Waals surface area (Å²) in [6.45, 7) is 0.533. The van der Waals surface area contributed by atoms with Gasteiger partial charge in [0.2, 0.25) is 5.95 Å². The molecule has 144 valence electrons. The van der Waals surface area contributed by atoms with Crippen LogP contribution in [-0.2, 0) is 6.54 Å². The van der Waals surface area contributed by atoms with Crippen molar-refractivity contribution in [2.24, 2.45) is 0 Å². The van der Waals surface area contributed by atoms with E-state index in [0.717, 1.165) is 10.7 Å². The van der Waals surface area contributed by atoms with Gasteiger partial charge in [-0.1, -0.05) is 24.3 Å². The Morgan fingerprint density at radius 1 is 0.966 bits per heavy atom. The van der Waals surface area contributed by atoms with Crippen LogP contribution >= 0.6 is 11.3 Å². The Bertz CT molecular complexity index is 1080. The molecule has 8 heteroatoms. The summed E-state index contributed by atoms with van der Waals surface area (Å²) < 4.78 is 0. The number of para-hydroxylation sites is 2. The number of aromatic nitrogens is 3. The van der Waals surface area contributed by atoms with Crippen molar-refractivity contribution in [1.29, 1.82) is 0 Å². The van der Waals surface area contributed by atoms with Crippen molar-refractivity contribution in [3.63, 3.8) is 0 Å². The largest absolute Gasteiger partial charge is 0.397 e. The molecule has 1 amide bonds. The van der Waals surface area contributed by atoms with E-state index in [4.69, 9.17) is 5.73 Å². The summed E-state index contributed by atoms with van der Waals surface area (Å²) in [6, 6.07) is 16.3. The van der Waals surface area contributed by atoms with Gasteiger partial charge in [0.25, 0.3) is 5.91 Å². The molecule has 0 aliphatic rings. The van der Waals surface area contributed by atoms with Crippen LogP contribution in [0.2, 0.25) is 0 Å². The van der Waals surface area contributed by atoms with Crippen LogP contribution in [0.25, 0.3) is 0 Å². The lowest BCUT2D eigenvalue weighted by Gasteiger charge is -2.19. The second kappa shape index (κ2) is 8.49. The molecular formula is C21H18N6OS. The van der Waals surface area contributed by atoms with Gasteiger partial charge in [0.05, 0.1) is 17.9 Å². The first-order chi connectivity index (χ1) is 14.2. The molecule has 2 heterocycles. The number of rotatable bonds is 6. The normalized spacial score (nSPS) is 10.5. The number of carbonyl (C=O) groups excluding carboxylic acids is 1. The highest BCUT2D eigenvalue weighted by molar-refractivity contribution is 7.13. The van der Waals surface area contributed by atoms with Crippen LogP contribution in [0.3, 0.4) is 0 Å². The minimum absolute atomic E-state index is 0.211. The fourth-order valence-corrected chi connectivity index (χ4v) is 3.39. The molecule has 3 N–H and O–H groups in total. The highest BCUT2D eigenvalue weighted by Crippen LogP contribution is 2.26. The van der Waals surface area contributed by atoms with Crippen LogP contribution in [-0.4, -0.2) is 20.9 Å². The summed E-state index contributed by atoms with van der Waals surface area (Å²) in [6.07, 6.45) is 5.15. The number of nitrogens with one attached hydrogen (secondary N) is 1. The van der Waals surface area contributed by atoms with Crippen molar-refractivity contribution in [2.75, 3.05) is 16.0 Å². The maximum Gasteiger partial charge on any atom is 0.255 e. The average Bonchev–Trinajstić information content (AvgIpc) is 3.29. The average molecular weight is 402 g/mol. The molecule has 0 saturated heterocycles. The Hall–Kier alpha value is -3.78. The summed E-state index contributed by atoms with van der Waals surface area (Å²) in [5.41, 5.74) is 8.57. The first-order valence-electron chi connectivity index (χ1n) is 8.89. The molecule has 0 atom stereocenters. The Kier molecular flexibility index (Phi) is 5.44. The van der Waals surface area contributed by atoms with E-state index in [-0.39, 0.29) is 5.91 Å². The molecule has 0 spiro atoms. The van der Waals surface area contributed by atoms with Gasteiger partial charge in [0, 0.05) is 29.5 Å². The zero-order valence-electron chi connectivity index (χ0n) is 15.4. The summed E-state index contributed by atoms with van der Waals surface area (Å²) in [5.74, 6) is 0.362. The standard InChI is InChI=1S/C21H18N6OS/c22-17-4-1-2-5-18(17)26-19(28)16-8-6-15(7-9-16)14-27(21-25-12-13-29-21)20-23-10-3-11-24-20/h1-13H,14,22H2,(H,26,28). The lowest BCUT2D eigenvalue weighted by Crippen LogP contribution is -2.19. The number of nitrogens with zero attached hydrogens (tertiary/aromatic N) is 4. The Labute approximate surface area is 171 Å². The van der Waals surface area contributed by atoms with Crippen molar-refractivity contribution >= 4 is 39.7 Å². The minimum atomic E-state index is -0.211. The molecule has 2 aromatic heterocycles. The van der Waals surface area contributed by atoms with Crippen LogP contribution in [0.15, 0.2) is 78.6 Å². The van der Waals surface area contributed by atoms with Gasteiger partial charge in [-0.25, -0.2) is 15.0 Å². The molecule has 7 nitrogen and oxygen atoms in total. The number of nitrogen functional groups attached to an aromatic ring is 1. The van der Waals surface area contributed by atoms with E-state index in [1.165, 1.54) is 11.3 Å². The van der Waals surface area contributed by atoms with Crippen LogP contribution in [0.5, 0.6) is 0 Å². The number of nitrogens with two attached hydrogens (primary N) is 1. The first kappa shape index (κ1) is 18.6. The van der Waals surface area contributed by atoms with Gasteiger partial charge in [-0.3, -0.25) is 9.69 Å². The van der Waals surface area contributed by atoms with Gasteiger partial charge >= 0.3 is 0 Å². The fourth-order valence-electron chi connectivity index (χ4n) is 2.75. The van der Waals surface area contributed by atoms with Crippen molar-refractivity contribution in [3.05, 3.63) is 89.7 Å². The summed E-state index contributed by atoms with van der Waals surface area (Å²) in [4.78, 5) is 27.5. The maximum atomic E-state index is 12.5. The van der Waals surface area contributed by atoms with Gasteiger partial charge in [-0.15, -0.1) is 11.3 Å². The van der Waals surface area contributed by atoms with Gasteiger partial charge in [-0.2, -0.15) is 0 Å². The zero-order chi connectivity index (χ0) is 20.1. The van der Waals surface area contributed by atoms with Crippen LogP contribution in [0.1, 0.15) is 15.9 Å². The Morgan fingerprint density at radius 2 is 1.72 bits per heavy atom. The number of hydrogen-bond donors (Lipinski definition) is 2. The van der Waals surface area contributed by atoms with Crippen LogP contribution in [0, 0.1) is 0 Å². The predicted molar refractivity (Wildman–Crippen MR) is 115 cm³/mol. The van der Waals surface area contributed by atoms with Gasteiger partial charge in [-0.05, 0) is 35.9 Å². The van der Waals surface area contributed by atoms with Crippen LogP contribution in [0.4, 0.5) is 22.5 Å². The molecule has 4 rings (SSSR count). The molecule has 0 unspecified atom stereocenters. The lowest BCUT2D eigenvalue weighted by atomic mass is 10.1. The number of carbonyl (C=O) groups is 1. The molecule has 2 aromatic carbocycles. The smallest absolute Gasteiger partial charge is 0.255 e. The van der Waals surface area contributed by atoms with E-state index in [0.29, 0.717) is 29.4 Å². The third-order valence-corrected chi connectivity index (χ3v) is 5.00. The predicted octanol–water partition coefficient (Wildman–Crippen LogP) is 4.11. The van der Waals surface area contributed by atoms with Gasteiger partial charge in [0.1, 0.15) is 0 Å². The summed E-state index contributed by atoms with van der Waals surface area (Å²) in [7, 11) is 0. The second-order valence-electron chi connectivity index (χ2n) is 6.19. The number of thiazole rings is 1. The van der Waals surface area contributed by atoms with E-state index in [1.807, 2.05) is 34.5 Å².